The average molecular weight is 229 g/mol. The van der Waals surface area contributed by atoms with Gasteiger partial charge in [0.05, 0.1) is 20.3 Å². The van der Waals surface area contributed by atoms with Crippen LogP contribution >= 0.6 is 0 Å². The summed E-state index contributed by atoms with van der Waals surface area (Å²) in [5.74, 6) is -0.640. The van der Waals surface area contributed by atoms with Crippen molar-refractivity contribution in [1.29, 1.82) is 0 Å². The lowest BCUT2D eigenvalue weighted by molar-refractivity contribution is -0.169. The highest BCUT2D eigenvalue weighted by Gasteiger charge is 2.47. The van der Waals surface area contributed by atoms with Crippen LogP contribution in [0.4, 0.5) is 4.79 Å². The van der Waals surface area contributed by atoms with E-state index in [1.807, 2.05) is 0 Å². The van der Waals surface area contributed by atoms with Crippen LogP contribution in [-0.2, 0) is 19.0 Å². The molecule has 0 radical (unpaired) electrons. The van der Waals surface area contributed by atoms with Gasteiger partial charge >= 0.3 is 12.1 Å². The van der Waals surface area contributed by atoms with Crippen LogP contribution in [0, 0.1) is 0 Å². The highest BCUT2D eigenvalue weighted by molar-refractivity contribution is 5.85. The molecule has 1 N–H and O–H groups in total. The average Bonchev–Trinajstić information content (AvgIpc) is 2.61. The minimum atomic E-state index is -1.49. The summed E-state index contributed by atoms with van der Waals surface area (Å²) in [6.45, 7) is 5.79. The Labute approximate surface area is 93.5 Å². The topological polar surface area (TPSA) is 73.9 Å². The highest BCUT2D eigenvalue weighted by atomic mass is 16.6. The molecule has 1 aliphatic heterocycles. The van der Waals surface area contributed by atoms with Crippen LogP contribution in [0.3, 0.4) is 0 Å². The van der Waals surface area contributed by atoms with Gasteiger partial charge in [-0.3, -0.25) is 5.32 Å². The second kappa shape index (κ2) is 4.98. The zero-order valence-electron chi connectivity index (χ0n) is 9.37. The Morgan fingerprint density at radius 1 is 1.62 bits per heavy atom. The number of nitrogens with one attached hydrogen (secondary N) is 1. The van der Waals surface area contributed by atoms with Crippen molar-refractivity contribution < 1.29 is 23.8 Å². The number of amides is 1. The predicted octanol–water partition coefficient (Wildman–Crippen LogP) is 0.578. The number of esters is 1. The molecule has 16 heavy (non-hydrogen) atoms. The number of carbonyl (C=O) groups excluding carboxylic acids is 2. The summed E-state index contributed by atoms with van der Waals surface area (Å²) in [6.07, 6.45) is -0.552. The Kier molecular flexibility index (Phi) is 3.89. The van der Waals surface area contributed by atoms with Crippen LogP contribution in [0.1, 0.15) is 13.3 Å². The largest absolute Gasteiger partial charge is 0.462 e. The molecule has 0 aromatic heterocycles. The van der Waals surface area contributed by atoms with E-state index >= 15 is 0 Å². The maximum atomic E-state index is 11.7. The van der Waals surface area contributed by atoms with Gasteiger partial charge in [0.2, 0.25) is 5.72 Å². The van der Waals surface area contributed by atoms with Gasteiger partial charge in [-0.15, -0.1) is 0 Å². The predicted molar refractivity (Wildman–Crippen MR) is 54.6 cm³/mol. The second-order valence-electron chi connectivity index (χ2n) is 3.38. The van der Waals surface area contributed by atoms with Crippen LogP contribution in [0.5, 0.6) is 0 Å². The molecule has 90 valence electrons. The van der Waals surface area contributed by atoms with Gasteiger partial charge in [0.15, 0.2) is 0 Å². The Balaban J connectivity index is 2.81. The second-order valence-corrected chi connectivity index (χ2v) is 3.38. The van der Waals surface area contributed by atoms with Gasteiger partial charge < -0.3 is 14.2 Å². The summed E-state index contributed by atoms with van der Waals surface area (Å²) >= 11 is 0. The number of carbonyl (C=O) groups is 2. The lowest BCUT2D eigenvalue weighted by Crippen LogP contribution is -2.55. The van der Waals surface area contributed by atoms with Gasteiger partial charge in [-0.05, 0) is 12.5 Å². The normalized spacial score (nSPS) is 24.0. The molecule has 6 nitrogen and oxygen atoms in total. The summed E-state index contributed by atoms with van der Waals surface area (Å²) in [4.78, 5) is 22.8. The molecule has 6 heteroatoms. The number of rotatable bonds is 3. The summed E-state index contributed by atoms with van der Waals surface area (Å²) in [5.41, 5.74) is -0.773. The minimum absolute atomic E-state index is 0.195. The quantitative estimate of drug-likeness (QED) is 0.566. The first-order chi connectivity index (χ1) is 7.54. The van der Waals surface area contributed by atoms with Crippen LogP contribution in [0.25, 0.3) is 0 Å². The van der Waals surface area contributed by atoms with Crippen molar-refractivity contribution in [2.45, 2.75) is 19.1 Å². The van der Waals surface area contributed by atoms with Crippen molar-refractivity contribution >= 4 is 12.1 Å². The van der Waals surface area contributed by atoms with E-state index in [9.17, 15) is 9.59 Å². The van der Waals surface area contributed by atoms with Crippen molar-refractivity contribution in [1.82, 2.24) is 5.32 Å². The minimum Gasteiger partial charge on any atom is -0.462 e. The molecule has 0 aromatic rings. The number of ether oxygens (including phenoxy) is 3. The van der Waals surface area contributed by atoms with Crippen LogP contribution in [0.15, 0.2) is 12.2 Å². The molecular formula is C10H15NO5. The molecule has 1 heterocycles. The van der Waals surface area contributed by atoms with Gasteiger partial charge in [-0.1, -0.05) is 6.58 Å². The van der Waals surface area contributed by atoms with E-state index in [1.165, 1.54) is 7.11 Å². The number of hydrogen-bond acceptors (Lipinski definition) is 5. The van der Waals surface area contributed by atoms with Gasteiger partial charge in [0.25, 0.3) is 0 Å². The number of methoxy groups -OCH3 is 1. The molecule has 0 bridgehead atoms. The molecule has 1 rings (SSSR count). The van der Waals surface area contributed by atoms with Crippen molar-refractivity contribution in [3.05, 3.63) is 12.2 Å². The first-order valence-corrected chi connectivity index (χ1v) is 4.88. The fourth-order valence-electron chi connectivity index (χ4n) is 1.41. The Morgan fingerprint density at radius 2 is 2.31 bits per heavy atom. The molecule has 1 amide bonds. The number of alkyl carbamates (subject to hydrolysis) is 1. The van der Waals surface area contributed by atoms with Crippen molar-refractivity contribution in [3.8, 4) is 0 Å². The molecular weight excluding hydrogens is 214 g/mol. The van der Waals surface area contributed by atoms with Gasteiger partial charge in [-0.25, -0.2) is 9.59 Å². The SMILES string of the molecule is C=C1CO[C@@](NC(=O)OC)(C(=O)OCC)C1. The van der Waals surface area contributed by atoms with E-state index < -0.39 is 17.8 Å². The van der Waals surface area contributed by atoms with Gasteiger partial charge in [0.1, 0.15) is 0 Å². The maximum absolute atomic E-state index is 11.7. The molecule has 0 spiro atoms. The first-order valence-electron chi connectivity index (χ1n) is 4.88. The standard InChI is InChI=1S/C10H15NO5/c1-4-15-8(12)10(11-9(13)14-3)5-7(2)6-16-10/h2,4-6H2,1,3H3,(H,11,13)/t10-/m1/s1. The molecule has 0 aliphatic carbocycles. The third-order valence-corrected chi connectivity index (χ3v) is 2.12. The molecule has 0 unspecified atom stereocenters. The van der Waals surface area contributed by atoms with E-state index in [0.29, 0.717) is 5.57 Å². The summed E-state index contributed by atoms with van der Waals surface area (Å²) in [5, 5.41) is 2.34. The Hall–Kier alpha value is -1.56. The molecule has 1 saturated heterocycles. The summed E-state index contributed by atoms with van der Waals surface area (Å²) in [6, 6.07) is 0. The van der Waals surface area contributed by atoms with Crippen LogP contribution < -0.4 is 5.32 Å². The van der Waals surface area contributed by atoms with E-state index in [1.54, 1.807) is 6.92 Å². The molecule has 1 atom stereocenters. The lowest BCUT2D eigenvalue weighted by Gasteiger charge is -2.25. The van der Waals surface area contributed by atoms with E-state index in [0.717, 1.165) is 0 Å². The van der Waals surface area contributed by atoms with Crippen molar-refractivity contribution in [3.63, 3.8) is 0 Å². The zero-order chi connectivity index (χ0) is 12.2. The molecule has 1 fully saturated rings. The zero-order valence-corrected chi connectivity index (χ0v) is 9.37. The smallest absolute Gasteiger partial charge is 0.409 e. The molecule has 1 aliphatic rings. The van der Waals surface area contributed by atoms with E-state index in [-0.39, 0.29) is 19.6 Å². The van der Waals surface area contributed by atoms with Gasteiger partial charge in [0, 0.05) is 6.42 Å². The lowest BCUT2D eigenvalue weighted by atomic mass is 10.1. The number of hydrogen-bond donors (Lipinski definition) is 1. The van der Waals surface area contributed by atoms with Crippen LogP contribution in [-0.4, -0.2) is 38.1 Å². The first kappa shape index (κ1) is 12.5. The third-order valence-electron chi connectivity index (χ3n) is 2.12. The fourth-order valence-corrected chi connectivity index (χ4v) is 1.41. The summed E-state index contributed by atoms with van der Waals surface area (Å²) < 4.78 is 14.5. The monoisotopic (exact) mass is 229 g/mol. The Morgan fingerprint density at radius 3 is 2.75 bits per heavy atom. The maximum Gasteiger partial charge on any atom is 0.409 e. The third kappa shape index (κ3) is 2.52. The van der Waals surface area contributed by atoms with E-state index in [4.69, 9.17) is 9.47 Å². The van der Waals surface area contributed by atoms with Crippen molar-refractivity contribution in [2.75, 3.05) is 20.3 Å². The molecule has 0 aromatic carbocycles. The van der Waals surface area contributed by atoms with Gasteiger partial charge in [-0.2, -0.15) is 0 Å². The Bertz CT molecular complexity index is 314. The van der Waals surface area contributed by atoms with Crippen LogP contribution in [0.2, 0.25) is 0 Å². The fraction of sp³-hybridized carbons (Fsp3) is 0.600. The highest BCUT2D eigenvalue weighted by Crippen LogP contribution is 2.27. The summed E-state index contributed by atoms with van der Waals surface area (Å²) in [7, 11) is 1.21. The molecule has 0 saturated carbocycles. The van der Waals surface area contributed by atoms with E-state index in [2.05, 4.69) is 16.6 Å². The van der Waals surface area contributed by atoms with Crippen molar-refractivity contribution in [2.24, 2.45) is 0 Å².